The third-order valence-electron chi connectivity index (χ3n) is 12.0. The van der Waals surface area contributed by atoms with Gasteiger partial charge in [-0.25, -0.2) is 9.97 Å². The van der Waals surface area contributed by atoms with Gasteiger partial charge in [0, 0.05) is 38.2 Å². The molecule has 0 aliphatic rings. The van der Waals surface area contributed by atoms with Gasteiger partial charge in [-0.1, -0.05) is 73.7 Å². The number of unbranched alkanes of at least 4 members (excludes halogenated alkanes) is 5. The molecule has 0 saturated heterocycles. The molecular formula is C50H87ClN18O4S3. The maximum Gasteiger partial charge on any atom is 0.280 e. The first-order chi connectivity index (χ1) is 34.9. The molecule has 0 radical (unpaired) electrons. The minimum Gasteiger partial charge on any atom is -0.388 e. The summed E-state index contributed by atoms with van der Waals surface area (Å²) < 4.78 is 0. The molecule has 0 aliphatic heterocycles. The summed E-state index contributed by atoms with van der Waals surface area (Å²) >= 11 is 5.85. The molecule has 0 fully saturated rings. The molecule has 3 atom stereocenters. The smallest absolute Gasteiger partial charge is 0.280 e. The molecule has 426 valence electrons. The van der Waals surface area contributed by atoms with Crippen molar-refractivity contribution in [3.8, 4) is 0 Å². The molecule has 1 aromatic heterocycles. The maximum absolute atomic E-state index is 13.1. The monoisotopic (exact) mass is 1130 g/mol. The number of guanidine groups is 1. The van der Waals surface area contributed by atoms with E-state index in [1.54, 1.807) is 0 Å². The quantitative estimate of drug-likeness (QED) is 0.0226. The van der Waals surface area contributed by atoms with Gasteiger partial charge in [-0.15, -0.1) is 0 Å². The zero-order valence-electron chi connectivity index (χ0n) is 43.7. The largest absolute Gasteiger partial charge is 0.388 e. The minimum atomic E-state index is -0.750. The van der Waals surface area contributed by atoms with Gasteiger partial charge >= 0.3 is 0 Å². The van der Waals surface area contributed by atoms with Gasteiger partial charge in [0.15, 0.2) is 28.4 Å². The standard InChI is InChI=1S/C50H81ClN18O4.3H2S/c51-43-45(60)67-44(59)42(66-43)49(73)68-50(61)64-26-8-7-12-33-18-20-35(21-19-33)32-39(54)48(72)65-36-24-22-34(23-25-36)13-9-29-69(30-10-27-62-46(70)37(52)14-3-1-5-16-40(55)56)31-11-28-63-47(71)38(53)15-4-2-6-17-41(57)58;;;/h18-25,37-39H,1-17,26-32,52-54H2,(H3,55,56)(H3,57,58)(H,62,70)(H,63,71)(H,65,72)(H4,59,60,67)(H3,61,64,68,73);3*1H2/t37-,38-,39-;;;/m0.../s1. The van der Waals surface area contributed by atoms with E-state index in [1.807, 2.05) is 48.5 Å². The fourth-order valence-electron chi connectivity index (χ4n) is 7.75. The van der Waals surface area contributed by atoms with E-state index in [0.29, 0.717) is 57.4 Å². The number of aromatic nitrogens is 2. The number of nitrogens with two attached hydrogens (primary N) is 8. The van der Waals surface area contributed by atoms with Crippen LogP contribution in [0.5, 0.6) is 0 Å². The Morgan fingerprint density at radius 3 is 1.61 bits per heavy atom. The average Bonchev–Trinajstić information content (AvgIpc) is 3.35. The van der Waals surface area contributed by atoms with Crippen LogP contribution in [-0.4, -0.2) is 114 Å². The number of amides is 4. The molecule has 3 aromatic rings. The molecule has 0 aliphatic carbocycles. The maximum atomic E-state index is 13.1. The number of aliphatic imine (C=N–C) groups is 1. The number of nitrogens with zero attached hydrogens (tertiary/aromatic N) is 4. The van der Waals surface area contributed by atoms with Crippen molar-refractivity contribution in [3.63, 3.8) is 0 Å². The van der Waals surface area contributed by atoms with E-state index in [2.05, 4.69) is 41.1 Å². The number of nitrogens with one attached hydrogen (secondary N) is 6. The van der Waals surface area contributed by atoms with E-state index in [9.17, 15) is 19.2 Å². The van der Waals surface area contributed by atoms with Crippen LogP contribution in [-0.2, 0) is 33.6 Å². The number of rotatable bonds is 36. The summed E-state index contributed by atoms with van der Waals surface area (Å²) in [4.78, 5) is 64.9. The Labute approximate surface area is 474 Å². The zero-order chi connectivity index (χ0) is 53.5. The number of carbonyl (C=O) groups excluding carboxylic acids is 4. The summed E-state index contributed by atoms with van der Waals surface area (Å²) in [5.74, 6) is -1.32. The van der Waals surface area contributed by atoms with Crippen LogP contribution in [0.4, 0.5) is 17.3 Å². The SMILES string of the molecule is N=C(N)CCCCC[C@H](N)C(=O)NCCCN(CCCNC(=O)[C@@H](N)CCCCCC(=N)N)CCCc1ccc(NC(=O)[C@@H](N)Cc2ccc(CCCCN=C(N)NC(=O)c3nc(Cl)c(N)nc3N)cc2)cc1.S.S.S. The van der Waals surface area contributed by atoms with Crippen LogP contribution < -0.4 is 67.1 Å². The Balaban J connectivity index is 0.0000187. The highest BCUT2D eigenvalue weighted by Gasteiger charge is 2.19. The lowest BCUT2D eigenvalue weighted by atomic mass is 10.0. The summed E-state index contributed by atoms with van der Waals surface area (Å²) in [6.45, 7) is 3.69. The summed E-state index contributed by atoms with van der Waals surface area (Å²) in [5, 5.41) is 25.8. The molecule has 0 saturated carbocycles. The van der Waals surface area contributed by atoms with Gasteiger partial charge in [-0.3, -0.25) is 40.3 Å². The van der Waals surface area contributed by atoms with E-state index < -0.39 is 24.0 Å². The molecule has 2 aromatic carbocycles. The molecule has 4 amide bonds. The van der Waals surface area contributed by atoms with Gasteiger partial charge < -0.3 is 66.7 Å². The first-order valence-electron chi connectivity index (χ1n) is 25.3. The van der Waals surface area contributed by atoms with Crippen LogP contribution in [0.3, 0.4) is 0 Å². The van der Waals surface area contributed by atoms with Crippen LogP contribution in [0.15, 0.2) is 53.5 Å². The second-order valence-electron chi connectivity index (χ2n) is 18.3. The first kappa shape index (κ1) is 70.6. The Bertz CT molecular complexity index is 2200. The summed E-state index contributed by atoms with van der Waals surface area (Å²) in [5.41, 5.74) is 50.2. The number of hydrogen-bond donors (Lipinski definition) is 14. The number of aryl methyl sites for hydroxylation is 2. The van der Waals surface area contributed by atoms with Crippen molar-refractivity contribution >= 4 is 111 Å². The zero-order valence-corrected chi connectivity index (χ0v) is 47.5. The third-order valence-corrected chi connectivity index (χ3v) is 12.3. The normalized spacial score (nSPS) is 12.2. The molecule has 0 spiro atoms. The number of nitrogen functional groups attached to an aromatic ring is 2. The molecule has 0 unspecified atom stereocenters. The van der Waals surface area contributed by atoms with E-state index in [1.165, 1.54) is 0 Å². The van der Waals surface area contributed by atoms with Crippen LogP contribution in [0.25, 0.3) is 0 Å². The van der Waals surface area contributed by atoms with Gasteiger partial charge in [0.1, 0.15) is 0 Å². The van der Waals surface area contributed by atoms with Gasteiger partial charge in [-0.05, 0) is 126 Å². The Morgan fingerprint density at radius 2 is 1.08 bits per heavy atom. The topological polar surface area (TPSA) is 414 Å². The van der Waals surface area contributed by atoms with Crippen molar-refractivity contribution in [3.05, 3.63) is 76.1 Å². The van der Waals surface area contributed by atoms with Crippen LogP contribution in [0, 0.1) is 10.8 Å². The lowest BCUT2D eigenvalue weighted by Gasteiger charge is -2.23. The first-order valence-corrected chi connectivity index (χ1v) is 25.7. The number of hydrogen-bond acceptors (Lipinski definition) is 15. The van der Waals surface area contributed by atoms with E-state index in [0.717, 1.165) is 120 Å². The number of benzene rings is 2. The van der Waals surface area contributed by atoms with Crippen molar-refractivity contribution < 1.29 is 19.2 Å². The molecule has 22 N–H and O–H groups in total. The van der Waals surface area contributed by atoms with Gasteiger partial charge in [0.25, 0.3) is 5.91 Å². The Morgan fingerprint density at radius 1 is 0.592 bits per heavy atom. The number of amidine groups is 2. The molecule has 22 nitrogen and oxygen atoms in total. The fraction of sp³-hybridized carbons (Fsp3) is 0.540. The average molecular weight is 1140 g/mol. The Hall–Kier alpha value is -5.41. The number of halogens is 1. The molecule has 76 heavy (non-hydrogen) atoms. The van der Waals surface area contributed by atoms with E-state index >= 15 is 0 Å². The van der Waals surface area contributed by atoms with Crippen LogP contribution in [0.1, 0.15) is 123 Å². The van der Waals surface area contributed by atoms with Crippen LogP contribution in [0.2, 0.25) is 5.15 Å². The predicted octanol–water partition coefficient (Wildman–Crippen LogP) is 2.88. The highest BCUT2D eigenvalue weighted by molar-refractivity contribution is 7.59. The van der Waals surface area contributed by atoms with E-state index in [4.69, 9.17) is 68.3 Å². The third kappa shape index (κ3) is 29.8. The lowest BCUT2D eigenvalue weighted by Crippen LogP contribution is -2.42. The number of carbonyl (C=O) groups is 4. The van der Waals surface area contributed by atoms with Crippen molar-refractivity contribution in [2.24, 2.45) is 39.4 Å². The highest BCUT2D eigenvalue weighted by Crippen LogP contribution is 2.18. The van der Waals surface area contributed by atoms with Crippen molar-refractivity contribution in [2.45, 2.75) is 134 Å². The minimum absolute atomic E-state index is 0. The molecular weight excluding hydrogens is 1050 g/mol. The molecule has 26 heteroatoms. The second-order valence-corrected chi connectivity index (χ2v) is 18.7. The molecule has 3 rings (SSSR count). The fourth-order valence-corrected chi connectivity index (χ4v) is 7.88. The second kappa shape index (κ2) is 39.9. The van der Waals surface area contributed by atoms with Gasteiger partial charge in [0.2, 0.25) is 17.7 Å². The van der Waals surface area contributed by atoms with Gasteiger partial charge in [0.05, 0.1) is 29.8 Å². The van der Waals surface area contributed by atoms with Crippen LogP contribution >= 0.6 is 52.1 Å². The number of anilines is 3. The van der Waals surface area contributed by atoms with Gasteiger partial charge in [-0.2, -0.15) is 40.5 Å². The molecule has 0 bridgehead atoms. The summed E-state index contributed by atoms with van der Waals surface area (Å²) in [6.07, 6.45) is 13.1. The predicted molar refractivity (Wildman–Crippen MR) is 323 cm³/mol. The highest BCUT2D eigenvalue weighted by atomic mass is 35.5. The summed E-state index contributed by atoms with van der Waals surface area (Å²) in [6, 6.07) is 13.8. The van der Waals surface area contributed by atoms with Crippen molar-refractivity contribution in [1.82, 2.24) is 30.8 Å². The molecule has 1 heterocycles. The van der Waals surface area contributed by atoms with E-state index in [-0.39, 0.29) is 98.3 Å². The van der Waals surface area contributed by atoms with Crippen molar-refractivity contribution in [2.75, 3.05) is 56.1 Å². The lowest BCUT2D eigenvalue weighted by molar-refractivity contribution is -0.123. The Kier molecular flexibility index (Phi) is 37.1. The summed E-state index contributed by atoms with van der Waals surface area (Å²) in [7, 11) is 0. The van der Waals surface area contributed by atoms with Crippen molar-refractivity contribution in [1.29, 1.82) is 10.8 Å².